The Labute approximate surface area is 162 Å². The molecule has 0 bridgehead atoms. The van der Waals surface area contributed by atoms with Crippen molar-refractivity contribution in [2.75, 3.05) is 26.9 Å². The molecule has 1 aliphatic heterocycles. The first-order valence-corrected chi connectivity index (χ1v) is 9.53. The van der Waals surface area contributed by atoms with E-state index in [0.717, 1.165) is 35.9 Å². The number of methoxy groups -OCH3 is 1. The molecule has 1 heterocycles. The van der Waals surface area contributed by atoms with E-state index < -0.39 is 0 Å². The molecular weight excluding hydrogens is 406 g/mol. The third kappa shape index (κ3) is 6.45. The zero-order valence-electron chi connectivity index (χ0n) is 14.5. The number of nitrogens with one attached hydrogen (secondary N) is 2. The Hall–Kier alpha value is -1.38. The van der Waals surface area contributed by atoms with Crippen molar-refractivity contribution in [2.24, 2.45) is 5.10 Å². The van der Waals surface area contributed by atoms with Gasteiger partial charge in [0.1, 0.15) is 0 Å². The molecule has 1 atom stereocenters. The summed E-state index contributed by atoms with van der Waals surface area (Å²) in [7, 11) is 1.61. The van der Waals surface area contributed by atoms with Crippen molar-refractivity contribution in [3.05, 3.63) is 22.2 Å². The molecule has 0 spiro atoms. The van der Waals surface area contributed by atoms with Crippen LogP contribution in [0.2, 0.25) is 0 Å². The molecule has 0 saturated carbocycles. The number of nitrogens with zero attached hydrogens (tertiary/aromatic N) is 1. The van der Waals surface area contributed by atoms with Crippen molar-refractivity contribution in [1.29, 1.82) is 0 Å². The number of hydrogen-bond acceptors (Lipinski definition) is 5. The molecule has 1 saturated heterocycles. The Bertz CT molecular complexity index is 607. The number of ether oxygens (including phenoxy) is 3. The molecule has 8 heteroatoms. The summed E-state index contributed by atoms with van der Waals surface area (Å²) in [6, 6.07) is 3.78. The van der Waals surface area contributed by atoms with E-state index in [9.17, 15) is 0 Å². The summed E-state index contributed by atoms with van der Waals surface area (Å²) in [6.45, 7) is 4.22. The van der Waals surface area contributed by atoms with Crippen molar-refractivity contribution in [3.8, 4) is 11.5 Å². The molecule has 0 aliphatic carbocycles. The maximum Gasteiger partial charge on any atom is 0.187 e. The minimum Gasteiger partial charge on any atom is -0.493 e. The van der Waals surface area contributed by atoms with Crippen LogP contribution in [-0.2, 0) is 4.74 Å². The fourth-order valence-electron chi connectivity index (χ4n) is 2.38. The monoisotopic (exact) mass is 429 g/mol. The normalized spacial score (nSPS) is 16.8. The van der Waals surface area contributed by atoms with E-state index in [1.165, 1.54) is 0 Å². The van der Waals surface area contributed by atoms with E-state index in [1.54, 1.807) is 13.3 Å². The first-order chi connectivity index (χ1) is 12.1. The van der Waals surface area contributed by atoms with Crippen LogP contribution in [0.5, 0.6) is 11.5 Å². The summed E-state index contributed by atoms with van der Waals surface area (Å²) in [4.78, 5) is 0. The summed E-state index contributed by atoms with van der Waals surface area (Å²) in [6.07, 6.45) is 5.02. The van der Waals surface area contributed by atoms with Crippen molar-refractivity contribution in [2.45, 2.75) is 32.3 Å². The number of halogens is 1. The predicted octanol–water partition coefficient (Wildman–Crippen LogP) is 3.22. The third-order valence-corrected chi connectivity index (χ3v) is 4.42. The van der Waals surface area contributed by atoms with Crippen molar-refractivity contribution in [1.82, 2.24) is 10.7 Å². The van der Waals surface area contributed by atoms with Gasteiger partial charge in [-0.1, -0.05) is 6.92 Å². The first-order valence-electron chi connectivity index (χ1n) is 8.32. The van der Waals surface area contributed by atoms with E-state index in [1.807, 2.05) is 12.1 Å². The molecule has 138 valence electrons. The molecule has 1 aliphatic rings. The molecule has 6 nitrogen and oxygen atoms in total. The maximum atomic E-state index is 5.71. The fourth-order valence-corrected chi connectivity index (χ4v) is 3.09. The van der Waals surface area contributed by atoms with E-state index in [-0.39, 0.29) is 6.10 Å². The van der Waals surface area contributed by atoms with E-state index in [2.05, 4.69) is 38.7 Å². The Kier molecular flexibility index (Phi) is 8.43. The van der Waals surface area contributed by atoms with Crippen LogP contribution in [0, 0.1) is 0 Å². The van der Waals surface area contributed by atoms with Crippen LogP contribution in [0.25, 0.3) is 0 Å². The zero-order valence-corrected chi connectivity index (χ0v) is 16.9. The van der Waals surface area contributed by atoms with Gasteiger partial charge < -0.3 is 19.5 Å². The lowest BCUT2D eigenvalue weighted by molar-refractivity contribution is 0.114. The van der Waals surface area contributed by atoms with Gasteiger partial charge >= 0.3 is 0 Å². The van der Waals surface area contributed by atoms with Gasteiger partial charge in [0.15, 0.2) is 16.6 Å². The van der Waals surface area contributed by atoms with Crippen LogP contribution in [0.1, 0.15) is 31.7 Å². The molecule has 1 fully saturated rings. The fraction of sp³-hybridized carbons (Fsp3) is 0.529. The average molecular weight is 430 g/mol. The molecule has 25 heavy (non-hydrogen) atoms. The van der Waals surface area contributed by atoms with Crippen LogP contribution >= 0.6 is 28.1 Å². The average Bonchev–Trinajstić information content (AvgIpc) is 3.12. The van der Waals surface area contributed by atoms with Crippen LogP contribution in [0.4, 0.5) is 0 Å². The molecule has 1 aromatic rings. The van der Waals surface area contributed by atoms with Crippen LogP contribution in [0.15, 0.2) is 21.7 Å². The highest BCUT2D eigenvalue weighted by Gasteiger charge is 2.15. The molecule has 1 unspecified atom stereocenters. The highest BCUT2D eigenvalue weighted by Crippen LogP contribution is 2.36. The van der Waals surface area contributed by atoms with E-state index in [0.29, 0.717) is 29.8 Å². The molecule has 2 rings (SSSR count). The Morgan fingerprint density at radius 1 is 1.52 bits per heavy atom. The maximum absolute atomic E-state index is 5.71. The van der Waals surface area contributed by atoms with Gasteiger partial charge in [0.05, 0.1) is 30.5 Å². The second kappa shape index (κ2) is 10.6. The Morgan fingerprint density at radius 3 is 3.04 bits per heavy atom. The Morgan fingerprint density at radius 2 is 2.36 bits per heavy atom. The number of thiocarbonyl (C=S) groups is 1. The molecule has 1 aromatic carbocycles. The van der Waals surface area contributed by atoms with Gasteiger partial charge in [0.25, 0.3) is 0 Å². The summed E-state index contributed by atoms with van der Waals surface area (Å²) in [5, 5.41) is 7.74. The van der Waals surface area contributed by atoms with Gasteiger partial charge in [0, 0.05) is 13.2 Å². The van der Waals surface area contributed by atoms with Crippen molar-refractivity contribution < 1.29 is 14.2 Å². The standard InChI is InChI=1S/C17H24BrN3O3S/c1-3-6-24-16-14(18)8-12(9-15(16)22-2)10-20-21-17(25)19-11-13-5-4-7-23-13/h8-10,13H,3-7,11H2,1-2H3,(H2,19,21,25)/b20-10+. The van der Waals surface area contributed by atoms with Crippen LogP contribution in [-0.4, -0.2) is 44.3 Å². The van der Waals surface area contributed by atoms with Gasteiger partial charge in [-0.2, -0.15) is 5.10 Å². The van der Waals surface area contributed by atoms with Crippen molar-refractivity contribution >= 4 is 39.5 Å². The summed E-state index contributed by atoms with van der Waals surface area (Å²) in [5.41, 5.74) is 3.67. The summed E-state index contributed by atoms with van der Waals surface area (Å²) in [5.74, 6) is 1.35. The smallest absolute Gasteiger partial charge is 0.187 e. The molecule has 0 radical (unpaired) electrons. The predicted molar refractivity (Wildman–Crippen MR) is 107 cm³/mol. The number of hydrazone groups is 1. The Balaban J connectivity index is 1.88. The SMILES string of the molecule is CCCOc1c(Br)cc(/C=N/NC(=S)NCC2CCCO2)cc1OC. The number of hydrogen-bond donors (Lipinski definition) is 2. The van der Waals surface area contributed by atoms with Gasteiger partial charge in [-0.3, -0.25) is 5.43 Å². The topological polar surface area (TPSA) is 64.1 Å². The molecule has 0 amide bonds. The highest BCUT2D eigenvalue weighted by molar-refractivity contribution is 9.10. The summed E-state index contributed by atoms with van der Waals surface area (Å²) >= 11 is 8.71. The van der Waals surface area contributed by atoms with E-state index >= 15 is 0 Å². The second-order valence-corrected chi connectivity index (χ2v) is 6.86. The van der Waals surface area contributed by atoms with Gasteiger partial charge in [-0.15, -0.1) is 0 Å². The molecular formula is C17H24BrN3O3S. The minimum atomic E-state index is 0.236. The third-order valence-electron chi connectivity index (χ3n) is 3.60. The van der Waals surface area contributed by atoms with Gasteiger partial charge in [-0.25, -0.2) is 0 Å². The number of benzene rings is 1. The second-order valence-electron chi connectivity index (χ2n) is 5.60. The highest BCUT2D eigenvalue weighted by atomic mass is 79.9. The first kappa shape index (κ1) is 19.9. The van der Waals surface area contributed by atoms with Gasteiger partial charge in [-0.05, 0) is 65.1 Å². The molecule has 0 aromatic heterocycles. The van der Waals surface area contributed by atoms with Crippen molar-refractivity contribution in [3.63, 3.8) is 0 Å². The lowest BCUT2D eigenvalue weighted by Gasteiger charge is -2.13. The van der Waals surface area contributed by atoms with Crippen LogP contribution in [0.3, 0.4) is 0 Å². The zero-order chi connectivity index (χ0) is 18.1. The van der Waals surface area contributed by atoms with Crippen LogP contribution < -0.4 is 20.2 Å². The number of rotatable bonds is 8. The minimum absolute atomic E-state index is 0.236. The lowest BCUT2D eigenvalue weighted by Crippen LogP contribution is -2.37. The molecule has 2 N–H and O–H groups in total. The van der Waals surface area contributed by atoms with Gasteiger partial charge in [0.2, 0.25) is 0 Å². The largest absolute Gasteiger partial charge is 0.493 e. The summed E-state index contributed by atoms with van der Waals surface area (Å²) < 4.78 is 17.5. The van der Waals surface area contributed by atoms with E-state index in [4.69, 9.17) is 26.4 Å². The lowest BCUT2D eigenvalue weighted by atomic mass is 10.2. The quantitative estimate of drug-likeness (QED) is 0.375.